The maximum atomic E-state index is 11.5. The van der Waals surface area contributed by atoms with E-state index >= 15 is 0 Å². The maximum absolute atomic E-state index is 11.5. The van der Waals surface area contributed by atoms with Gasteiger partial charge in [0.1, 0.15) is 11.5 Å². The third-order valence-corrected chi connectivity index (χ3v) is 2.83. The first-order chi connectivity index (χ1) is 9.61. The van der Waals surface area contributed by atoms with Gasteiger partial charge < -0.3 is 14.9 Å². The van der Waals surface area contributed by atoms with Crippen LogP contribution in [-0.2, 0) is 4.79 Å². The van der Waals surface area contributed by atoms with Gasteiger partial charge in [0.25, 0.3) is 0 Å². The highest BCUT2D eigenvalue weighted by Crippen LogP contribution is 2.28. The van der Waals surface area contributed by atoms with E-state index in [9.17, 15) is 15.0 Å². The van der Waals surface area contributed by atoms with Crippen molar-refractivity contribution >= 4 is 17.6 Å². The molecule has 0 unspecified atom stereocenters. The average Bonchev–Trinajstić information content (AvgIpc) is 2.46. The van der Waals surface area contributed by atoms with Gasteiger partial charge >= 0.3 is 5.97 Å². The predicted octanol–water partition coefficient (Wildman–Crippen LogP) is 3.03. The summed E-state index contributed by atoms with van der Waals surface area (Å²) in [5.74, 6) is -0.404. The van der Waals surface area contributed by atoms with Crippen LogP contribution in [0.4, 0.5) is 0 Å². The standard InChI is InChI=1S/C16H14O4/c1-20-15-5-3-2-4-13(15)14(16(18)19)10-11-6-8-12(17)9-7-11/h2-10,17H,1H3,(H,18,19)/b14-10+. The summed E-state index contributed by atoms with van der Waals surface area (Å²) in [4.78, 5) is 11.5. The summed E-state index contributed by atoms with van der Waals surface area (Å²) in [6.45, 7) is 0. The molecule has 2 N–H and O–H groups in total. The van der Waals surface area contributed by atoms with Crippen molar-refractivity contribution in [3.8, 4) is 11.5 Å². The van der Waals surface area contributed by atoms with Crippen molar-refractivity contribution in [2.45, 2.75) is 0 Å². The fourth-order valence-electron chi connectivity index (χ4n) is 1.86. The minimum atomic E-state index is -1.04. The van der Waals surface area contributed by atoms with Crippen LogP contribution in [0.15, 0.2) is 48.5 Å². The first kappa shape index (κ1) is 13.7. The number of rotatable bonds is 4. The molecule has 0 fully saturated rings. The average molecular weight is 270 g/mol. The van der Waals surface area contributed by atoms with Crippen LogP contribution in [0, 0.1) is 0 Å². The Hall–Kier alpha value is -2.75. The van der Waals surface area contributed by atoms with Gasteiger partial charge in [0.2, 0.25) is 0 Å². The molecule has 0 aliphatic rings. The van der Waals surface area contributed by atoms with E-state index in [1.54, 1.807) is 42.5 Å². The zero-order valence-electron chi connectivity index (χ0n) is 10.9. The molecule has 0 heterocycles. The Morgan fingerprint density at radius 3 is 2.35 bits per heavy atom. The topological polar surface area (TPSA) is 66.8 Å². The van der Waals surface area contributed by atoms with E-state index in [0.717, 1.165) is 0 Å². The molecule has 0 radical (unpaired) electrons. The van der Waals surface area contributed by atoms with Gasteiger partial charge in [-0.15, -0.1) is 0 Å². The Kier molecular flexibility index (Phi) is 4.05. The molecule has 0 saturated carbocycles. The molecule has 0 amide bonds. The van der Waals surface area contributed by atoms with Gasteiger partial charge in [-0.1, -0.05) is 30.3 Å². The second-order valence-corrected chi connectivity index (χ2v) is 4.15. The number of methoxy groups -OCH3 is 1. The monoisotopic (exact) mass is 270 g/mol. The number of carboxylic acid groups (broad SMARTS) is 1. The smallest absolute Gasteiger partial charge is 0.336 e. The largest absolute Gasteiger partial charge is 0.508 e. The molecule has 4 nitrogen and oxygen atoms in total. The van der Waals surface area contributed by atoms with E-state index in [1.165, 1.54) is 19.2 Å². The summed E-state index contributed by atoms with van der Waals surface area (Å²) < 4.78 is 5.19. The molecule has 0 aromatic heterocycles. The number of para-hydroxylation sites is 1. The number of benzene rings is 2. The van der Waals surface area contributed by atoms with Crippen LogP contribution in [0.2, 0.25) is 0 Å². The lowest BCUT2D eigenvalue weighted by Crippen LogP contribution is -2.01. The lowest BCUT2D eigenvalue weighted by molar-refractivity contribution is -0.130. The highest BCUT2D eigenvalue weighted by Gasteiger charge is 2.14. The number of phenolic OH excluding ortho intramolecular Hbond substituents is 1. The van der Waals surface area contributed by atoms with E-state index in [0.29, 0.717) is 16.9 Å². The van der Waals surface area contributed by atoms with Crippen LogP contribution in [-0.4, -0.2) is 23.3 Å². The molecule has 0 spiro atoms. The molecule has 102 valence electrons. The lowest BCUT2D eigenvalue weighted by atomic mass is 10.0. The summed E-state index contributed by atoms with van der Waals surface area (Å²) in [6.07, 6.45) is 1.54. The summed E-state index contributed by atoms with van der Waals surface area (Å²) >= 11 is 0. The van der Waals surface area contributed by atoms with E-state index in [1.807, 2.05) is 0 Å². The van der Waals surface area contributed by atoms with Gasteiger partial charge in [0, 0.05) is 5.56 Å². The molecule has 2 rings (SSSR count). The number of hydrogen-bond acceptors (Lipinski definition) is 3. The van der Waals surface area contributed by atoms with Crippen LogP contribution in [0.1, 0.15) is 11.1 Å². The Labute approximate surface area is 116 Å². The van der Waals surface area contributed by atoms with Crippen LogP contribution in [0.25, 0.3) is 11.6 Å². The van der Waals surface area contributed by atoms with Crippen molar-refractivity contribution in [2.75, 3.05) is 7.11 Å². The van der Waals surface area contributed by atoms with Crippen molar-refractivity contribution in [1.29, 1.82) is 0 Å². The Bertz CT molecular complexity index is 642. The second kappa shape index (κ2) is 5.93. The fraction of sp³-hybridized carbons (Fsp3) is 0.0625. The number of hydrogen-bond donors (Lipinski definition) is 2. The molecule has 0 atom stereocenters. The lowest BCUT2D eigenvalue weighted by Gasteiger charge is -2.09. The first-order valence-electron chi connectivity index (χ1n) is 5.99. The third-order valence-electron chi connectivity index (χ3n) is 2.83. The Morgan fingerprint density at radius 2 is 1.75 bits per heavy atom. The second-order valence-electron chi connectivity index (χ2n) is 4.15. The first-order valence-corrected chi connectivity index (χ1v) is 5.99. The highest BCUT2D eigenvalue weighted by molar-refractivity contribution is 6.21. The zero-order valence-corrected chi connectivity index (χ0v) is 10.9. The van der Waals surface area contributed by atoms with E-state index in [-0.39, 0.29) is 11.3 Å². The predicted molar refractivity (Wildman–Crippen MR) is 76.6 cm³/mol. The molecular formula is C16H14O4. The molecule has 0 aliphatic heterocycles. The molecule has 4 heteroatoms. The minimum Gasteiger partial charge on any atom is -0.508 e. The number of phenols is 1. The van der Waals surface area contributed by atoms with Crippen LogP contribution in [0.5, 0.6) is 11.5 Å². The van der Waals surface area contributed by atoms with Gasteiger partial charge in [-0.25, -0.2) is 4.79 Å². The SMILES string of the molecule is COc1ccccc1/C(=C\c1ccc(O)cc1)C(=O)O. The summed E-state index contributed by atoms with van der Waals surface area (Å²) in [7, 11) is 1.50. The number of carbonyl (C=O) groups is 1. The molecular weight excluding hydrogens is 256 g/mol. The van der Waals surface area contributed by atoms with Crippen molar-refractivity contribution in [3.05, 3.63) is 59.7 Å². The van der Waals surface area contributed by atoms with Crippen molar-refractivity contribution in [3.63, 3.8) is 0 Å². The number of carboxylic acids is 1. The minimum absolute atomic E-state index is 0.133. The summed E-state index contributed by atoms with van der Waals surface area (Å²) in [5, 5.41) is 18.6. The van der Waals surface area contributed by atoms with E-state index < -0.39 is 5.97 Å². The van der Waals surface area contributed by atoms with Crippen molar-refractivity contribution < 1.29 is 19.7 Å². The summed E-state index contributed by atoms with van der Waals surface area (Å²) in [5.41, 5.74) is 1.33. The van der Waals surface area contributed by atoms with Crippen LogP contribution < -0.4 is 4.74 Å². The molecule has 20 heavy (non-hydrogen) atoms. The number of aliphatic carboxylic acids is 1. The van der Waals surface area contributed by atoms with Gasteiger partial charge in [-0.3, -0.25) is 0 Å². The van der Waals surface area contributed by atoms with Crippen molar-refractivity contribution in [2.24, 2.45) is 0 Å². The zero-order chi connectivity index (χ0) is 14.5. The van der Waals surface area contributed by atoms with Crippen LogP contribution in [0.3, 0.4) is 0 Å². The molecule has 0 bridgehead atoms. The quantitative estimate of drug-likeness (QED) is 0.662. The van der Waals surface area contributed by atoms with E-state index in [2.05, 4.69) is 0 Å². The van der Waals surface area contributed by atoms with Gasteiger partial charge in [-0.05, 0) is 29.8 Å². The molecule has 0 saturated heterocycles. The number of aromatic hydroxyl groups is 1. The van der Waals surface area contributed by atoms with Gasteiger partial charge in [0.15, 0.2) is 0 Å². The van der Waals surface area contributed by atoms with E-state index in [4.69, 9.17) is 4.74 Å². The highest BCUT2D eigenvalue weighted by atomic mass is 16.5. The molecule has 2 aromatic carbocycles. The fourth-order valence-corrected chi connectivity index (χ4v) is 1.86. The Morgan fingerprint density at radius 1 is 1.10 bits per heavy atom. The number of ether oxygens (including phenoxy) is 1. The van der Waals surface area contributed by atoms with Gasteiger partial charge in [0.05, 0.1) is 12.7 Å². The normalized spacial score (nSPS) is 11.2. The molecule has 0 aliphatic carbocycles. The summed E-state index contributed by atoms with van der Waals surface area (Å²) in [6, 6.07) is 13.2. The van der Waals surface area contributed by atoms with Gasteiger partial charge in [-0.2, -0.15) is 0 Å². The maximum Gasteiger partial charge on any atom is 0.336 e. The van der Waals surface area contributed by atoms with Crippen LogP contribution >= 0.6 is 0 Å². The third kappa shape index (κ3) is 2.98. The Balaban J connectivity index is 2.51. The van der Waals surface area contributed by atoms with Crippen molar-refractivity contribution in [1.82, 2.24) is 0 Å². The molecule has 2 aromatic rings.